The van der Waals surface area contributed by atoms with Crippen LogP contribution in [0.1, 0.15) is 0 Å². The fourth-order valence-corrected chi connectivity index (χ4v) is 2.67. The molecule has 1 aliphatic heterocycles. The van der Waals surface area contributed by atoms with Crippen LogP contribution >= 0.6 is 23.2 Å². The maximum absolute atomic E-state index is 13.7. The van der Waals surface area contributed by atoms with Crippen molar-refractivity contribution in [2.45, 2.75) is 6.29 Å². The lowest BCUT2D eigenvalue weighted by molar-refractivity contribution is -0.154. The van der Waals surface area contributed by atoms with Gasteiger partial charge in [-0.15, -0.1) is 0 Å². The summed E-state index contributed by atoms with van der Waals surface area (Å²) in [6, 6.07) is 7.03. The maximum atomic E-state index is 13.7. The second kappa shape index (κ2) is 5.09. The Morgan fingerprint density at radius 1 is 1.19 bits per heavy atom. The van der Waals surface area contributed by atoms with Crippen molar-refractivity contribution in [3.8, 4) is 22.6 Å². The smallest absolute Gasteiger partial charge is 0.387 e. The van der Waals surface area contributed by atoms with Crippen molar-refractivity contribution in [3.63, 3.8) is 0 Å². The van der Waals surface area contributed by atoms with Crippen LogP contribution in [0.15, 0.2) is 30.3 Å². The van der Waals surface area contributed by atoms with Crippen LogP contribution in [-0.2, 0) is 4.79 Å². The van der Waals surface area contributed by atoms with Crippen molar-refractivity contribution < 1.29 is 23.8 Å². The van der Waals surface area contributed by atoms with Crippen molar-refractivity contribution in [1.29, 1.82) is 0 Å². The van der Waals surface area contributed by atoms with E-state index in [1.165, 1.54) is 6.07 Å². The van der Waals surface area contributed by atoms with Crippen LogP contribution in [0.4, 0.5) is 4.39 Å². The molecule has 0 aliphatic carbocycles. The van der Waals surface area contributed by atoms with Crippen molar-refractivity contribution in [2.24, 2.45) is 0 Å². The van der Waals surface area contributed by atoms with Gasteiger partial charge in [-0.1, -0.05) is 29.3 Å². The van der Waals surface area contributed by atoms with Gasteiger partial charge >= 0.3 is 12.3 Å². The van der Waals surface area contributed by atoms with E-state index in [4.69, 9.17) is 37.8 Å². The van der Waals surface area contributed by atoms with E-state index >= 15 is 0 Å². The highest BCUT2D eigenvalue weighted by Gasteiger charge is 2.34. The first-order valence-electron chi connectivity index (χ1n) is 5.81. The van der Waals surface area contributed by atoms with Crippen molar-refractivity contribution in [3.05, 3.63) is 46.2 Å². The summed E-state index contributed by atoms with van der Waals surface area (Å²) in [6.07, 6.45) is -1.53. The van der Waals surface area contributed by atoms with Gasteiger partial charge in [0.15, 0.2) is 11.5 Å². The van der Waals surface area contributed by atoms with Crippen LogP contribution in [-0.4, -0.2) is 17.4 Å². The largest absolute Gasteiger partial charge is 0.476 e. The summed E-state index contributed by atoms with van der Waals surface area (Å²) in [6.45, 7) is 0. The predicted octanol–water partition coefficient (Wildman–Crippen LogP) is 3.98. The first kappa shape index (κ1) is 14.0. The molecule has 1 heterocycles. The normalized spacial score (nSPS) is 16.0. The third kappa shape index (κ3) is 2.39. The molecule has 21 heavy (non-hydrogen) atoms. The number of halogens is 3. The highest BCUT2D eigenvalue weighted by atomic mass is 35.5. The number of carbonyl (C=O) groups is 1. The molecule has 1 atom stereocenters. The Kier molecular flexibility index (Phi) is 3.39. The van der Waals surface area contributed by atoms with E-state index in [2.05, 4.69) is 0 Å². The van der Waals surface area contributed by atoms with E-state index < -0.39 is 18.1 Å². The van der Waals surface area contributed by atoms with Crippen LogP contribution in [0, 0.1) is 5.82 Å². The first-order valence-corrected chi connectivity index (χ1v) is 6.57. The molecule has 0 amide bonds. The number of benzene rings is 2. The molecule has 0 radical (unpaired) electrons. The summed E-state index contributed by atoms with van der Waals surface area (Å²) in [4.78, 5) is 10.9. The van der Waals surface area contributed by atoms with Crippen LogP contribution in [0.3, 0.4) is 0 Å². The molecule has 7 heteroatoms. The Balaban J connectivity index is 2.20. The molecule has 1 unspecified atom stereocenters. The molecule has 1 aliphatic rings. The minimum atomic E-state index is -1.53. The zero-order valence-corrected chi connectivity index (χ0v) is 11.8. The summed E-state index contributed by atoms with van der Waals surface area (Å²) in [7, 11) is 0. The standard InChI is InChI=1S/C14H7Cl2FO4/c15-8-2-1-3-9(16)11(8)7-4-6(17)5-10-12(7)21-14(20-10)13(18)19/h1-5,14H,(H,18,19). The molecule has 4 nitrogen and oxygen atoms in total. The van der Waals surface area contributed by atoms with E-state index in [9.17, 15) is 9.18 Å². The topological polar surface area (TPSA) is 55.8 Å². The van der Waals surface area contributed by atoms with Gasteiger partial charge in [-0.2, -0.15) is 0 Å². The fourth-order valence-electron chi connectivity index (χ4n) is 2.07. The third-order valence-corrected chi connectivity index (χ3v) is 3.54. The Morgan fingerprint density at radius 2 is 1.86 bits per heavy atom. The average Bonchev–Trinajstić information content (AvgIpc) is 2.82. The molecule has 0 spiro atoms. The zero-order chi connectivity index (χ0) is 15.1. The molecule has 2 aromatic carbocycles. The maximum Gasteiger partial charge on any atom is 0.387 e. The number of hydrogen-bond acceptors (Lipinski definition) is 3. The number of rotatable bonds is 2. The molecule has 0 bridgehead atoms. The molecule has 1 N–H and O–H groups in total. The number of fused-ring (bicyclic) bond motifs is 1. The molecule has 0 aromatic heterocycles. The van der Waals surface area contributed by atoms with E-state index in [-0.39, 0.29) is 27.1 Å². The Hall–Kier alpha value is -1.98. The van der Waals surface area contributed by atoms with Gasteiger partial charge in [0.05, 0.1) is 10.0 Å². The van der Waals surface area contributed by atoms with E-state index in [1.807, 2.05) is 0 Å². The lowest BCUT2D eigenvalue weighted by Gasteiger charge is -2.10. The molecule has 0 saturated carbocycles. The van der Waals surface area contributed by atoms with Gasteiger partial charge < -0.3 is 14.6 Å². The quantitative estimate of drug-likeness (QED) is 0.905. The average molecular weight is 329 g/mol. The van der Waals surface area contributed by atoms with Gasteiger partial charge in [-0.3, -0.25) is 0 Å². The molecule has 108 valence electrons. The van der Waals surface area contributed by atoms with E-state index in [0.717, 1.165) is 6.07 Å². The molecule has 2 aromatic rings. The lowest BCUT2D eigenvalue weighted by Crippen LogP contribution is -2.28. The third-order valence-electron chi connectivity index (χ3n) is 2.91. The Bertz CT molecular complexity index is 728. The summed E-state index contributed by atoms with van der Waals surface area (Å²) < 4.78 is 24.0. The molecular weight excluding hydrogens is 322 g/mol. The highest BCUT2D eigenvalue weighted by molar-refractivity contribution is 6.39. The Labute approximate surface area is 128 Å². The van der Waals surface area contributed by atoms with Crippen molar-refractivity contribution in [2.75, 3.05) is 0 Å². The van der Waals surface area contributed by atoms with Gasteiger partial charge in [0.2, 0.25) is 0 Å². The van der Waals surface area contributed by atoms with Gasteiger partial charge in [-0.25, -0.2) is 9.18 Å². The number of carboxylic acid groups (broad SMARTS) is 1. The SMILES string of the molecule is O=C(O)C1Oc2cc(F)cc(-c3c(Cl)cccc3Cl)c2O1. The van der Waals surface area contributed by atoms with Gasteiger partial charge in [0.25, 0.3) is 0 Å². The summed E-state index contributed by atoms with van der Waals surface area (Å²) in [5.74, 6) is -1.84. The van der Waals surface area contributed by atoms with Gasteiger partial charge in [0.1, 0.15) is 5.82 Å². The van der Waals surface area contributed by atoms with Crippen molar-refractivity contribution in [1.82, 2.24) is 0 Å². The molecule has 3 rings (SSSR count). The van der Waals surface area contributed by atoms with E-state index in [0.29, 0.717) is 5.56 Å². The Morgan fingerprint density at radius 3 is 2.48 bits per heavy atom. The number of ether oxygens (including phenoxy) is 2. The summed E-state index contributed by atoms with van der Waals surface area (Å²) >= 11 is 12.2. The molecule has 0 saturated heterocycles. The van der Waals surface area contributed by atoms with Crippen LogP contribution in [0.5, 0.6) is 11.5 Å². The minimum absolute atomic E-state index is 0.00612. The highest BCUT2D eigenvalue weighted by Crippen LogP contribution is 2.47. The second-order valence-electron chi connectivity index (χ2n) is 4.28. The summed E-state index contributed by atoms with van der Waals surface area (Å²) in [5.41, 5.74) is 0.593. The van der Waals surface area contributed by atoms with Crippen LogP contribution < -0.4 is 9.47 Å². The number of hydrogen-bond donors (Lipinski definition) is 1. The van der Waals surface area contributed by atoms with Crippen LogP contribution in [0.2, 0.25) is 10.0 Å². The van der Waals surface area contributed by atoms with Crippen molar-refractivity contribution >= 4 is 29.2 Å². The van der Waals surface area contributed by atoms with E-state index in [1.54, 1.807) is 18.2 Å². The zero-order valence-electron chi connectivity index (χ0n) is 10.3. The van der Waals surface area contributed by atoms with Gasteiger partial charge in [-0.05, 0) is 18.2 Å². The predicted molar refractivity (Wildman–Crippen MR) is 74.5 cm³/mol. The fraction of sp³-hybridized carbons (Fsp3) is 0.0714. The number of aliphatic carboxylic acids is 1. The summed E-state index contributed by atoms with van der Waals surface area (Å²) in [5, 5.41) is 9.51. The molecular formula is C14H7Cl2FO4. The lowest BCUT2D eigenvalue weighted by atomic mass is 10.0. The second-order valence-corrected chi connectivity index (χ2v) is 5.10. The number of carboxylic acids is 1. The van der Waals surface area contributed by atoms with Crippen LogP contribution in [0.25, 0.3) is 11.1 Å². The van der Waals surface area contributed by atoms with Gasteiger partial charge in [0, 0.05) is 17.2 Å². The first-order chi connectivity index (χ1) is 9.97. The monoisotopic (exact) mass is 328 g/mol. The minimum Gasteiger partial charge on any atom is -0.476 e. The molecule has 0 fully saturated rings.